The molecule has 0 fully saturated rings. The van der Waals surface area contributed by atoms with Crippen LogP contribution < -0.4 is 10.1 Å². The fourth-order valence-electron chi connectivity index (χ4n) is 2.21. The highest BCUT2D eigenvalue weighted by Gasteiger charge is 2.18. The molecule has 1 atom stereocenters. The molecule has 6 heteroatoms. The number of hydrogen-bond acceptors (Lipinski definition) is 4. The molecule has 0 heterocycles. The molecule has 1 N–H and O–H groups in total. The van der Waals surface area contributed by atoms with Gasteiger partial charge in [-0.15, -0.1) is 0 Å². The molecule has 0 saturated carbocycles. The molecular weight excluding hydrogens is 325 g/mol. The van der Waals surface area contributed by atoms with Crippen LogP contribution in [-0.2, 0) is 9.53 Å². The minimum absolute atomic E-state index is 0.275. The van der Waals surface area contributed by atoms with Crippen molar-refractivity contribution >= 4 is 17.6 Å². The SMILES string of the molecule is CCOC(=O)c1cccc(NC(=O)[C@H](C)Oc2ccc(F)cc2)c1C. The van der Waals surface area contributed by atoms with Gasteiger partial charge in [-0.3, -0.25) is 4.79 Å². The van der Waals surface area contributed by atoms with Crippen molar-refractivity contribution in [3.05, 3.63) is 59.4 Å². The summed E-state index contributed by atoms with van der Waals surface area (Å²) in [5.74, 6) is -0.808. The van der Waals surface area contributed by atoms with Crippen LogP contribution in [0.4, 0.5) is 10.1 Å². The first-order valence-electron chi connectivity index (χ1n) is 7.92. The number of esters is 1. The molecule has 0 aliphatic rings. The molecular formula is C19H20FNO4. The van der Waals surface area contributed by atoms with E-state index in [0.29, 0.717) is 22.6 Å². The highest BCUT2D eigenvalue weighted by molar-refractivity contribution is 5.98. The summed E-state index contributed by atoms with van der Waals surface area (Å²) in [6.07, 6.45) is -0.795. The quantitative estimate of drug-likeness (QED) is 0.811. The van der Waals surface area contributed by atoms with E-state index in [4.69, 9.17) is 9.47 Å². The molecule has 25 heavy (non-hydrogen) atoms. The number of amides is 1. The monoisotopic (exact) mass is 345 g/mol. The molecule has 0 unspecified atom stereocenters. The first kappa shape index (κ1) is 18.4. The number of benzene rings is 2. The fraction of sp³-hybridized carbons (Fsp3) is 0.263. The predicted molar refractivity (Wildman–Crippen MR) is 92.3 cm³/mol. The van der Waals surface area contributed by atoms with Gasteiger partial charge in [0.05, 0.1) is 12.2 Å². The molecule has 0 spiro atoms. The van der Waals surface area contributed by atoms with E-state index in [2.05, 4.69) is 5.32 Å². The van der Waals surface area contributed by atoms with Crippen LogP contribution >= 0.6 is 0 Å². The smallest absolute Gasteiger partial charge is 0.338 e. The standard InChI is InChI=1S/C19H20FNO4/c1-4-24-19(23)16-6-5-7-17(12(16)2)21-18(22)13(3)25-15-10-8-14(20)9-11-15/h5-11,13H,4H2,1-3H3,(H,21,22)/t13-/m0/s1. The van der Waals surface area contributed by atoms with Crippen molar-refractivity contribution in [1.29, 1.82) is 0 Å². The summed E-state index contributed by atoms with van der Waals surface area (Å²) >= 11 is 0. The predicted octanol–water partition coefficient (Wildman–Crippen LogP) is 3.72. The molecule has 132 valence electrons. The lowest BCUT2D eigenvalue weighted by molar-refractivity contribution is -0.122. The van der Waals surface area contributed by atoms with Gasteiger partial charge in [0, 0.05) is 5.69 Å². The van der Waals surface area contributed by atoms with Gasteiger partial charge in [0.25, 0.3) is 5.91 Å². The van der Waals surface area contributed by atoms with Crippen LogP contribution in [0.25, 0.3) is 0 Å². The number of anilines is 1. The number of nitrogens with one attached hydrogen (secondary N) is 1. The van der Waals surface area contributed by atoms with E-state index in [1.54, 1.807) is 39.0 Å². The summed E-state index contributed by atoms with van der Waals surface area (Å²) in [7, 11) is 0. The molecule has 0 aliphatic heterocycles. The first-order chi connectivity index (χ1) is 11.9. The van der Waals surface area contributed by atoms with Gasteiger partial charge in [-0.2, -0.15) is 0 Å². The van der Waals surface area contributed by atoms with Gasteiger partial charge in [0.1, 0.15) is 11.6 Å². The molecule has 0 aliphatic carbocycles. The highest BCUT2D eigenvalue weighted by Crippen LogP contribution is 2.21. The van der Waals surface area contributed by atoms with Crippen LogP contribution in [0.2, 0.25) is 0 Å². The summed E-state index contributed by atoms with van der Waals surface area (Å²) < 4.78 is 23.4. The zero-order valence-corrected chi connectivity index (χ0v) is 14.3. The van der Waals surface area contributed by atoms with E-state index in [9.17, 15) is 14.0 Å². The largest absolute Gasteiger partial charge is 0.481 e. The van der Waals surface area contributed by atoms with Crippen molar-refractivity contribution in [3.63, 3.8) is 0 Å². The molecule has 5 nitrogen and oxygen atoms in total. The Morgan fingerprint density at radius 3 is 2.48 bits per heavy atom. The van der Waals surface area contributed by atoms with Crippen LogP contribution in [0.1, 0.15) is 29.8 Å². The van der Waals surface area contributed by atoms with Gasteiger partial charge in [0.2, 0.25) is 0 Å². The zero-order valence-electron chi connectivity index (χ0n) is 14.3. The highest BCUT2D eigenvalue weighted by atomic mass is 19.1. The summed E-state index contributed by atoms with van der Waals surface area (Å²) in [4.78, 5) is 24.2. The normalized spacial score (nSPS) is 11.5. The van der Waals surface area contributed by atoms with Gasteiger partial charge in [-0.1, -0.05) is 6.07 Å². The maximum atomic E-state index is 12.9. The summed E-state index contributed by atoms with van der Waals surface area (Å²) in [6, 6.07) is 10.4. The topological polar surface area (TPSA) is 64.6 Å². The van der Waals surface area contributed by atoms with Crippen molar-refractivity contribution in [3.8, 4) is 5.75 Å². The number of carbonyl (C=O) groups is 2. The minimum atomic E-state index is -0.795. The number of rotatable bonds is 6. The molecule has 0 saturated heterocycles. The van der Waals surface area contributed by atoms with Gasteiger partial charge in [0.15, 0.2) is 6.10 Å². The van der Waals surface area contributed by atoms with E-state index in [-0.39, 0.29) is 18.3 Å². The van der Waals surface area contributed by atoms with E-state index >= 15 is 0 Å². The number of carbonyl (C=O) groups excluding carboxylic acids is 2. The van der Waals surface area contributed by atoms with Gasteiger partial charge < -0.3 is 14.8 Å². The summed E-state index contributed by atoms with van der Waals surface area (Å²) in [5.41, 5.74) is 1.51. The molecule has 0 aromatic heterocycles. The van der Waals surface area contributed by atoms with Crippen molar-refractivity contribution in [2.75, 3.05) is 11.9 Å². The van der Waals surface area contributed by atoms with Crippen LogP contribution in [0, 0.1) is 12.7 Å². The van der Waals surface area contributed by atoms with E-state index in [1.165, 1.54) is 24.3 Å². The first-order valence-corrected chi connectivity index (χ1v) is 7.92. The maximum Gasteiger partial charge on any atom is 0.338 e. The molecule has 2 rings (SSSR count). The fourth-order valence-corrected chi connectivity index (χ4v) is 2.21. The Labute approximate surface area is 145 Å². The van der Waals surface area contributed by atoms with Crippen molar-refractivity contribution < 1.29 is 23.5 Å². The van der Waals surface area contributed by atoms with Gasteiger partial charge >= 0.3 is 5.97 Å². The van der Waals surface area contributed by atoms with Crippen LogP contribution in [0.5, 0.6) is 5.75 Å². The molecule has 2 aromatic carbocycles. The van der Waals surface area contributed by atoms with Gasteiger partial charge in [-0.05, 0) is 62.7 Å². The Balaban J connectivity index is 2.08. The Hall–Kier alpha value is -2.89. The van der Waals surface area contributed by atoms with E-state index < -0.39 is 12.1 Å². The average molecular weight is 345 g/mol. The number of hydrogen-bond donors (Lipinski definition) is 1. The number of ether oxygens (including phenoxy) is 2. The second-order valence-electron chi connectivity index (χ2n) is 5.40. The molecule has 0 bridgehead atoms. The Morgan fingerprint density at radius 1 is 1.16 bits per heavy atom. The number of halogens is 1. The second-order valence-corrected chi connectivity index (χ2v) is 5.40. The van der Waals surface area contributed by atoms with Crippen molar-refractivity contribution in [2.24, 2.45) is 0 Å². The maximum absolute atomic E-state index is 12.9. The third-order valence-corrected chi connectivity index (χ3v) is 3.58. The third-order valence-electron chi connectivity index (χ3n) is 3.58. The van der Waals surface area contributed by atoms with Crippen LogP contribution in [-0.4, -0.2) is 24.6 Å². The summed E-state index contributed by atoms with van der Waals surface area (Å²) in [5, 5.41) is 2.73. The summed E-state index contributed by atoms with van der Waals surface area (Å²) in [6.45, 7) is 5.32. The van der Waals surface area contributed by atoms with Crippen molar-refractivity contribution in [1.82, 2.24) is 0 Å². The second kappa shape index (κ2) is 8.28. The minimum Gasteiger partial charge on any atom is -0.481 e. The lowest BCUT2D eigenvalue weighted by Gasteiger charge is -2.16. The van der Waals surface area contributed by atoms with Crippen LogP contribution in [0.3, 0.4) is 0 Å². The third kappa shape index (κ3) is 4.79. The lowest BCUT2D eigenvalue weighted by atomic mass is 10.1. The molecule has 1 amide bonds. The van der Waals surface area contributed by atoms with E-state index in [0.717, 1.165) is 0 Å². The van der Waals surface area contributed by atoms with E-state index in [1.807, 2.05) is 0 Å². The Morgan fingerprint density at radius 2 is 1.84 bits per heavy atom. The molecule has 0 radical (unpaired) electrons. The molecule has 2 aromatic rings. The Bertz CT molecular complexity index is 759. The zero-order chi connectivity index (χ0) is 18.4. The average Bonchev–Trinajstić information content (AvgIpc) is 2.58. The Kier molecular flexibility index (Phi) is 6.11. The lowest BCUT2D eigenvalue weighted by Crippen LogP contribution is -2.30. The van der Waals surface area contributed by atoms with Gasteiger partial charge in [-0.25, -0.2) is 9.18 Å². The van der Waals surface area contributed by atoms with Crippen LogP contribution in [0.15, 0.2) is 42.5 Å². The van der Waals surface area contributed by atoms with Crippen molar-refractivity contribution in [2.45, 2.75) is 26.9 Å².